The minimum absolute atomic E-state index is 1.38. The van der Waals surface area contributed by atoms with Crippen molar-refractivity contribution in [3.05, 3.63) is 0 Å². The van der Waals surface area contributed by atoms with E-state index in [0.29, 0.717) is 0 Å². The third-order valence-corrected chi connectivity index (χ3v) is 4.41. The van der Waals surface area contributed by atoms with Gasteiger partial charge in [0.2, 0.25) is 0 Å². The van der Waals surface area contributed by atoms with Crippen LogP contribution < -0.4 is 0 Å². The predicted molar refractivity (Wildman–Crippen MR) is 95.1 cm³/mol. The Kier molecular flexibility index (Phi) is 22.7. The van der Waals surface area contributed by atoms with E-state index in [1.165, 1.54) is 121 Å². The van der Waals surface area contributed by atoms with Crippen LogP contribution in [0, 0.1) is 0 Å². The second-order valence-electron chi connectivity index (χ2n) is 6.04. The molecule has 0 aromatic carbocycles. The van der Waals surface area contributed by atoms with Gasteiger partial charge >= 0.3 is 113 Å². The Labute approximate surface area is 155 Å². The summed E-state index contributed by atoms with van der Waals surface area (Å²) < 4.78 is 33.1. The molecule has 0 rings (SSSR count). The molecule has 0 saturated heterocycles. The molecule has 0 fully saturated rings. The van der Waals surface area contributed by atoms with Crippen LogP contribution in [0.1, 0.15) is 96.8 Å². The van der Waals surface area contributed by atoms with Gasteiger partial charge in [-0.1, -0.05) is 26.2 Å². The number of hydrogen-bond donors (Lipinski definition) is 2. The summed E-state index contributed by atoms with van der Waals surface area (Å²) in [5, 5.41) is 0. The fraction of sp³-hybridized carbons (Fsp3) is 1.00. The van der Waals surface area contributed by atoms with Crippen molar-refractivity contribution in [3.8, 4) is 0 Å². The first-order valence-electron chi connectivity index (χ1n) is 9.11. The Hall–Kier alpha value is 0.870. The summed E-state index contributed by atoms with van der Waals surface area (Å²) in [6.45, 7) is 2.29. The van der Waals surface area contributed by atoms with E-state index in [4.69, 9.17) is 17.5 Å². The van der Waals surface area contributed by atoms with Crippen molar-refractivity contribution in [2.45, 2.75) is 100 Å². The molecule has 0 saturated carbocycles. The van der Waals surface area contributed by atoms with E-state index in [1.807, 2.05) is 0 Å². The smallest absolute Gasteiger partial charge is 0.264 e. The van der Waals surface area contributed by atoms with E-state index in [2.05, 4.69) is 6.92 Å². The van der Waals surface area contributed by atoms with Crippen LogP contribution in [0.2, 0.25) is 3.67 Å². The van der Waals surface area contributed by atoms with Crippen LogP contribution in [0.3, 0.4) is 0 Å². The van der Waals surface area contributed by atoms with Gasteiger partial charge in [-0.2, -0.15) is 8.42 Å². The molecule has 0 aromatic heterocycles. The zero-order chi connectivity index (χ0) is 17.1. The molecule has 0 spiro atoms. The van der Waals surface area contributed by atoms with E-state index in [0.717, 1.165) is 0 Å². The molecule has 0 amide bonds. The van der Waals surface area contributed by atoms with Crippen molar-refractivity contribution in [1.82, 2.24) is 0 Å². The van der Waals surface area contributed by atoms with Gasteiger partial charge < -0.3 is 0 Å². The minimum Gasteiger partial charge on any atom is -0.264 e. The molecule has 0 aliphatic rings. The van der Waals surface area contributed by atoms with E-state index in [9.17, 15) is 0 Å². The Morgan fingerprint density at radius 1 is 0.636 bits per heavy atom. The van der Waals surface area contributed by atoms with Gasteiger partial charge in [0, 0.05) is 0 Å². The van der Waals surface area contributed by atoms with Gasteiger partial charge in [0.1, 0.15) is 0 Å². The summed E-state index contributed by atoms with van der Waals surface area (Å²) in [6, 6.07) is 0. The third kappa shape index (κ3) is 37.3. The summed E-state index contributed by atoms with van der Waals surface area (Å²) in [5.41, 5.74) is 0. The molecule has 4 nitrogen and oxygen atoms in total. The molecule has 0 aliphatic heterocycles. The fourth-order valence-corrected chi connectivity index (χ4v) is 2.94. The normalized spacial score (nSPS) is 11.1. The second-order valence-corrected chi connectivity index (χ2v) is 7.94. The van der Waals surface area contributed by atoms with E-state index in [1.54, 1.807) is 0 Å². The van der Waals surface area contributed by atoms with Crippen LogP contribution in [0.25, 0.3) is 0 Å². The first-order chi connectivity index (χ1) is 10.4. The average molecular weight is 347 g/mol. The van der Waals surface area contributed by atoms with Crippen LogP contribution in [-0.2, 0) is 10.4 Å². The molecular weight excluding hydrogens is 311 g/mol. The van der Waals surface area contributed by atoms with Gasteiger partial charge in [0.25, 0.3) is 0 Å². The van der Waals surface area contributed by atoms with Crippen molar-refractivity contribution in [2.75, 3.05) is 0 Å². The molecule has 0 atom stereocenters. The second kappa shape index (κ2) is 19.9. The van der Waals surface area contributed by atoms with Crippen molar-refractivity contribution >= 4 is 38.3 Å². The van der Waals surface area contributed by atoms with Crippen molar-refractivity contribution < 1.29 is 17.5 Å². The molecular formula is C16H35NaO4S. The number of rotatable bonds is 14. The van der Waals surface area contributed by atoms with Crippen LogP contribution in [0.5, 0.6) is 0 Å². The van der Waals surface area contributed by atoms with Gasteiger partial charge in [-0.05, 0) is 0 Å². The number of hydrogen-bond acceptors (Lipinski definition) is 2. The van der Waals surface area contributed by atoms with Gasteiger partial charge in [0.15, 0.2) is 0 Å². The number of unbranched alkanes of at least 4 members (excludes halogenated alkanes) is 13. The summed E-state index contributed by atoms with van der Waals surface area (Å²) in [7, 11) is -4.67. The molecule has 6 heteroatoms. The van der Waals surface area contributed by atoms with Crippen LogP contribution in [-0.4, -0.2) is 45.5 Å². The molecule has 0 bridgehead atoms. The largest absolute Gasteiger partial charge is 0.394 e. The van der Waals surface area contributed by atoms with Crippen molar-refractivity contribution in [3.63, 3.8) is 0 Å². The molecule has 0 unspecified atom stereocenters. The molecule has 22 heavy (non-hydrogen) atoms. The summed E-state index contributed by atoms with van der Waals surface area (Å²) >= 11 is 1.41. The van der Waals surface area contributed by atoms with Gasteiger partial charge in [-0.3, -0.25) is 9.11 Å². The van der Waals surface area contributed by atoms with E-state index >= 15 is 0 Å². The predicted octanol–water partition coefficient (Wildman–Crippen LogP) is 5.40. The van der Waals surface area contributed by atoms with Crippen LogP contribution in [0.4, 0.5) is 0 Å². The van der Waals surface area contributed by atoms with E-state index in [-0.39, 0.29) is 0 Å². The van der Waals surface area contributed by atoms with Gasteiger partial charge in [0.05, 0.1) is 0 Å². The zero-order valence-corrected chi connectivity index (χ0v) is 17.5. The minimum atomic E-state index is -4.67. The van der Waals surface area contributed by atoms with Crippen LogP contribution in [0.15, 0.2) is 0 Å². The van der Waals surface area contributed by atoms with Gasteiger partial charge in [-0.25, -0.2) is 0 Å². The topological polar surface area (TPSA) is 74.6 Å². The maximum absolute atomic E-state index is 8.74. The zero-order valence-electron chi connectivity index (χ0n) is 14.7. The monoisotopic (exact) mass is 346 g/mol. The fourth-order valence-electron chi connectivity index (χ4n) is 2.44. The van der Waals surface area contributed by atoms with Gasteiger partial charge in [-0.15, -0.1) is 0 Å². The molecule has 0 radical (unpaired) electrons. The average Bonchev–Trinajstić information content (AvgIpc) is 2.42. The molecule has 0 aliphatic carbocycles. The molecule has 130 valence electrons. The quantitative estimate of drug-likeness (QED) is 0.251. The summed E-state index contributed by atoms with van der Waals surface area (Å²) in [6.07, 6.45) is 20.7. The standard InChI is InChI=1S/C16H33.Na.H2O4S/c1-3-5-7-9-11-13-15-16-14-12-10-8-6-4-2;;1-5(2,3)4/h1,3-16H2,2H3;;(H2,1,2,3,4). The molecule has 0 aromatic rings. The third-order valence-electron chi connectivity index (χ3n) is 3.71. The van der Waals surface area contributed by atoms with Crippen molar-refractivity contribution in [1.29, 1.82) is 0 Å². The first kappa shape index (κ1) is 25.1. The van der Waals surface area contributed by atoms with Crippen molar-refractivity contribution in [2.24, 2.45) is 0 Å². The SMILES string of the molecule is CCCCCCCCCCCCCCC[CH2][Na].O=S(=O)(O)O. The first-order valence-corrected chi connectivity index (χ1v) is 11.9. The summed E-state index contributed by atoms with van der Waals surface area (Å²) in [5.74, 6) is 0. The maximum Gasteiger partial charge on any atom is 0.394 e. The Balaban J connectivity index is 0. The molecule has 2 N–H and O–H groups in total. The van der Waals surface area contributed by atoms with E-state index < -0.39 is 10.4 Å². The summed E-state index contributed by atoms with van der Waals surface area (Å²) in [4.78, 5) is 0. The maximum atomic E-state index is 8.74. The Morgan fingerprint density at radius 2 is 0.864 bits per heavy atom. The molecule has 0 heterocycles. The Morgan fingerprint density at radius 3 is 1.09 bits per heavy atom. The Bertz CT molecular complexity index is 273. The van der Waals surface area contributed by atoms with Crippen LogP contribution >= 0.6 is 0 Å².